The minimum Gasteiger partial charge on any atom is -0.356 e. The van der Waals surface area contributed by atoms with Gasteiger partial charge >= 0.3 is 0 Å². The first kappa shape index (κ1) is 21.2. The van der Waals surface area contributed by atoms with Crippen LogP contribution in [0.5, 0.6) is 0 Å². The molecule has 6 nitrogen and oxygen atoms in total. The molecular formula is C27H28N4O2. The van der Waals surface area contributed by atoms with E-state index in [1.807, 2.05) is 48.5 Å². The van der Waals surface area contributed by atoms with E-state index in [-0.39, 0.29) is 23.5 Å². The van der Waals surface area contributed by atoms with Gasteiger partial charge in [0.2, 0.25) is 5.91 Å². The van der Waals surface area contributed by atoms with Crippen molar-refractivity contribution in [1.29, 1.82) is 0 Å². The van der Waals surface area contributed by atoms with Gasteiger partial charge in [0, 0.05) is 48.2 Å². The number of para-hydroxylation sites is 1. The highest BCUT2D eigenvalue weighted by molar-refractivity contribution is 6.07. The molecule has 0 bridgehead atoms. The molecule has 1 aromatic carbocycles. The number of carbonyl (C=O) groups is 2. The molecule has 2 aliphatic carbocycles. The zero-order valence-electron chi connectivity index (χ0n) is 18.5. The van der Waals surface area contributed by atoms with Crippen molar-refractivity contribution in [2.45, 2.75) is 32.1 Å². The van der Waals surface area contributed by atoms with E-state index < -0.39 is 0 Å². The number of amides is 1. The fourth-order valence-electron chi connectivity index (χ4n) is 4.58. The number of anilines is 2. The number of hydrogen-bond donors (Lipinski definition) is 3. The Labute approximate surface area is 193 Å². The van der Waals surface area contributed by atoms with E-state index in [9.17, 15) is 9.59 Å². The fourth-order valence-corrected chi connectivity index (χ4v) is 4.58. The molecular weight excluding hydrogens is 412 g/mol. The second-order valence-electron chi connectivity index (χ2n) is 8.85. The average molecular weight is 441 g/mol. The number of pyridine rings is 1. The van der Waals surface area contributed by atoms with Crippen LogP contribution < -0.4 is 10.6 Å². The number of Topliss-reactive ketones (excluding diaryl/α,β-unsaturated/α-hetero) is 1. The highest BCUT2D eigenvalue weighted by Crippen LogP contribution is 2.40. The molecule has 3 aromatic rings. The van der Waals surface area contributed by atoms with Crippen molar-refractivity contribution < 1.29 is 9.59 Å². The topological polar surface area (TPSA) is 86.9 Å². The molecule has 168 valence electrons. The van der Waals surface area contributed by atoms with Crippen molar-refractivity contribution in [3.05, 3.63) is 78.3 Å². The van der Waals surface area contributed by atoms with Gasteiger partial charge in [0.1, 0.15) is 0 Å². The number of nitrogens with zero attached hydrogens (tertiary/aromatic N) is 1. The van der Waals surface area contributed by atoms with E-state index >= 15 is 0 Å². The van der Waals surface area contributed by atoms with Crippen molar-refractivity contribution in [2.24, 2.45) is 11.8 Å². The molecule has 2 heterocycles. The third-order valence-corrected chi connectivity index (χ3v) is 6.56. The van der Waals surface area contributed by atoms with Crippen molar-refractivity contribution >= 4 is 23.1 Å². The molecule has 1 saturated carbocycles. The lowest BCUT2D eigenvalue weighted by atomic mass is 9.85. The Bertz CT molecular complexity index is 1160. The molecule has 1 atom stereocenters. The molecule has 1 unspecified atom stereocenters. The molecule has 0 aliphatic heterocycles. The monoisotopic (exact) mass is 440 g/mol. The maximum atomic E-state index is 13.3. The predicted octanol–water partition coefficient (Wildman–Crippen LogP) is 5.04. The Hall–Kier alpha value is -3.67. The number of nitrogens with one attached hydrogen (secondary N) is 3. The van der Waals surface area contributed by atoms with Gasteiger partial charge < -0.3 is 15.6 Å². The lowest BCUT2D eigenvalue weighted by Gasteiger charge is -2.23. The number of aromatic nitrogens is 2. The quantitative estimate of drug-likeness (QED) is 0.449. The number of allylic oxidation sites excluding steroid dienone is 1. The first-order valence-corrected chi connectivity index (χ1v) is 11.6. The second kappa shape index (κ2) is 9.45. The number of aromatic amines is 1. The van der Waals surface area contributed by atoms with E-state index in [1.165, 1.54) is 0 Å². The van der Waals surface area contributed by atoms with Crippen molar-refractivity contribution in [3.63, 3.8) is 0 Å². The SMILES string of the molecule is O=C1CC(/C=C/CNC(=O)C2CCC2)Cc2[nH]c(-c3ccncc3)c(Nc3ccccc3)c21. The summed E-state index contributed by atoms with van der Waals surface area (Å²) in [6.45, 7) is 0.515. The van der Waals surface area contributed by atoms with Crippen LogP contribution in [0.3, 0.4) is 0 Å². The van der Waals surface area contributed by atoms with E-state index in [2.05, 4.69) is 26.7 Å². The number of benzene rings is 1. The van der Waals surface area contributed by atoms with Gasteiger partial charge in [0.05, 0.1) is 16.9 Å². The largest absolute Gasteiger partial charge is 0.356 e. The van der Waals surface area contributed by atoms with E-state index in [0.717, 1.165) is 59.6 Å². The number of hydrogen-bond acceptors (Lipinski definition) is 4. The smallest absolute Gasteiger partial charge is 0.223 e. The summed E-state index contributed by atoms with van der Waals surface area (Å²) in [5.74, 6) is 0.577. The van der Waals surface area contributed by atoms with Gasteiger partial charge in [-0.3, -0.25) is 14.6 Å². The van der Waals surface area contributed by atoms with Gasteiger partial charge in [-0.2, -0.15) is 0 Å². The fraction of sp³-hybridized carbons (Fsp3) is 0.296. The minimum absolute atomic E-state index is 0.110. The summed E-state index contributed by atoms with van der Waals surface area (Å²) in [5.41, 5.74) is 5.33. The third kappa shape index (κ3) is 4.60. The van der Waals surface area contributed by atoms with Gasteiger partial charge in [0.25, 0.3) is 0 Å². The van der Waals surface area contributed by atoms with E-state index in [1.54, 1.807) is 12.4 Å². The van der Waals surface area contributed by atoms with Gasteiger partial charge in [0.15, 0.2) is 5.78 Å². The Balaban J connectivity index is 1.36. The molecule has 6 heteroatoms. The van der Waals surface area contributed by atoms with Gasteiger partial charge in [-0.25, -0.2) is 0 Å². The van der Waals surface area contributed by atoms with Crippen LogP contribution in [0.25, 0.3) is 11.3 Å². The molecule has 0 spiro atoms. The maximum absolute atomic E-state index is 13.3. The summed E-state index contributed by atoms with van der Waals surface area (Å²) in [6, 6.07) is 13.8. The number of rotatable bonds is 7. The van der Waals surface area contributed by atoms with Crippen LogP contribution in [-0.4, -0.2) is 28.2 Å². The number of ketones is 1. The zero-order chi connectivity index (χ0) is 22.6. The lowest BCUT2D eigenvalue weighted by molar-refractivity contribution is -0.127. The molecule has 2 aliphatic rings. The number of carbonyl (C=O) groups excluding carboxylic acids is 2. The highest BCUT2D eigenvalue weighted by atomic mass is 16.2. The van der Waals surface area contributed by atoms with Crippen LogP contribution in [0.4, 0.5) is 11.4 Å². The van der Waals surface area contributed by atoms with Crippen molar-refractivity contribution in [1.82, 2.24) is 15.3 Å². The lowest BCUT2D eigenvalue weighted by Crippen LogP contribution is -2.34. The summed E-state index contributed by atoms with van der Waals surface area (Å²) < 4.78 is 0. The van der Waals surface area contributed by atoms with Crippen molar-refractivity contribution in [2.75, 3.05) is 11.9 Å². The Morgan fingerprint density at radius 1 is 1.09 bits per heavy atom. The van der Waals surface area contributed by atoms with Crippen LogP contribution in [0.15, 0.2) is 67.0 Å². The summed E-state index contributed by atoms with van der Waals surface area (Å²) in [5, 5.41) is 6.45. The summed E-state index contributed by atoms with van der Waals surface area (Å²) >= 11 is 0. The summed E-state index contributed by atoms with van der Waals surface area (Å²) in [6.07, 6.45) is 11.9. The third-order valence-electron chi connectivity index (χ3n) is 6.56. The number of fused-ring (bicyclic) bond motifs is 1. The molecule has 1 fully saturated rings. The van der Waals surface area contributed by atoms with Crippen LogP contribution in [0.1, 0.15) is 41.7 Å². The Morgan fingerprint density at radius 3 is 2.61 bits per heavy atom. The molecule has 33 heavy (non-hydrogen) atoms. The Kier molecular flexibility index (Phi) is 6.07. The first-order chi connectivity index (χ1) is 16.2. The van der Waals surface area contributed by atoms with Crippen LogP contribution in [0.2, 0.25) is 0 Å². The standard InChI is InChI=1S/C27H28N4O2/c32-23-17-18(6-5-13-29-27(33)20-7-4-8-20)16-22-24(23)26(30-21-9-2-1-3-10-21)25(31-22)19-11-14-28-15-12-19/h1-3,5-6,9-12,14-15,18,20,30-31H,4,7-8,13,16-17H2,(H,29,33)/b6-5+. The molecule has 2 aromatic heterocycles. The minimum atomic E-state index is 0.110. The molecule has 5 rings (SSSR count). The molecule has 0 saturated heterocycles. The van der Waals surface area contributed by atoms with E-state index in [4.69, 9.17) is 0 Å². The molecule has 1 amide bonds. The molecule has 0 radical (unpaired) electrons. The van der Waals surface area contributed by atoms with Gasteiger partial charge in [-0.05, 0) is 49.4 Å². The summed E-state index contributed by atoms with van der Waals surface area (Å²) in [7, 11) is 0. The Morgan fingerprint density at radius 2 is 1.88 bits per heavy atom. The first-order valence-electron chi connectivity index (χ1n) is 11.6. The van der Waals surface area contributed by atoms with Crippen LogP contribution >= 0.6 is 0 Å². The summed E-state index contributed by atoms with van der Waals surface area (Å²) in [4.78, 5) is 32.9. The normalized spacial score (nSPS) is 18.1. The zero-order valence-corrected chi connectivity index (χ0v) is 18.5. The molecule has 3 N–H and O–H groups in total. The van der Waals surface area contributed by atoms with Gasteiger partial charge in [-0.15, -0.1) is 0 Å². The average Bonchev–Trinajstić information content (AvgIpc) is 3.15. The second-order valence-corrected chi connectivity index (χ2v) is 8.85. The maximum Gasteiger partial charge on any atom is 0.223 e. The highest BCUT2D eigenvalue weighted by Gasteiger charge is 2.31. The van der Waals surface area contributed by atoms with Crippen molar-refractivity contribution in [3.8, 4) is 11.3 Å². The number of H-pyrrole nitrogens is 1. The predicted molar refractivity (Wildman–Crippen MR) is 129 cm³/mol. The van der Waals surface area contributed by atoms with Gasteiger partial charge in [-0.1, -0.05) is 36.8 Å². The van der Waals surface area contributed by atoms with E-state index in [0.29, 0.717) is 13.0 Å². The van der Waals surface area contributed by atoms with Crippen LogP contribution in [0, 0.1) is 11.8 Å². The van der Waals surface area contributed by atoms with Crippen LogP contribution in [-0.2, 0) is 11.2 Å².